The van der Waals surface area contributed by atoms with Crippen LogP contribution in [0.3, 0.4) is 0 Å². The lowest BCUT2D eigenvalue weighted by molar-refractivity contribution is -0.116. The van der Waals surface area contributed by atoms with Crippen LogP contribution in [0.25, 0.3) is 22.6 Å². The van der Waals surface area contributed by atoms with E-state index in [0.717, 1.165) is 12.1 Å². The van der Waals surface area contributed by atoms with Crippen LogP contribution in [-0.2, 0) is 9.53 Å². The molecule has 216 valence electrons. The summed E-state index contributed by atoms with van der Waals surface area (Å²) in [5, 5.41) is 8.01. The van der Waals surface area contributed by atoms with E-state index in [4.69, 9.17) is 11.6 Å². The topological polar surface area (TPSA) is 154 Å². The number of benzene rings is 2. The van der Waals surface area contributed by atoms with E-state index in [-0.39, 0.29) is 28.9 Å². The summed E-state index contributed by atoms with van der Waals surface area (Å²) in [4.78, 5) is 51.7. The van der Waals surface area contributed by atoms with Crippen molar-refractivity contribution in [3.63, 3.8) is 0 Å². The van der Waals surface area contributed by atoms with Crippen molar-refractivity contribution in [1.82, 2.24) is 25.3 Å². The van der Waals surface area contributed by atoms with Gasteiger partial charge in [-0.1, -0.05) is 23.8 Å². The summed E-state index contributed by atoms with van der Waals surface area (Å²) < 4.78 is 33.5. The molecule has 0 aliphatic carbocycles. The lowest BCUT2D eigenvalue weighted by atomic mass is 10.1. The largest absolute Gasteiger partial charge is 0.453 e. The Kier molecular flexibility index (Phi) is 8.29. The van der Waals surface area contributed by atoms with Gasteiger partial charge in [-0.05, 0) is 43.2 Å². The lowest BCUT2D eigenvalue weighted by Crippen LogP contribution is -2.29. The zero-order chi connectivity index (χ0) is 29.8. The number of amides is 3. The fraction of sp³-hybridized carbons (Fsp3) is 0.179. The highest BCUT2D eigenvalue weighted by molar-refractivity contribution is 6.31. The molecule has 0 fully saturated rings. The van der Waals surface area contributed by atoms with Crippen LogP contribution in [0.15, 0.2) is 54.9 Å². The number of imidazole rings is 2. The number of allylic oxidation sites excluding steroid dienone is 1. The first-order valence-corrected chi connectivity index (χ1v) is 13.1. The number of methoxy groups -OCH3 is 1. The molecule has 2 aromatic heterocycles. The zero-order valence-corrected chi connectivity index (χ0v) is 22.8. The van der Waals surface area contributed by atoms with Crippen LogP contribution in [-0.4, -0.2) is 45.0 Å². The third-order valence-corrected chi connectivity index (χ3v) is 6.72. The predicted molar refractivity (Wildman–Crippen MR) is 151 cm³/mol. The van der Waals surface area contributed by atoms with Crippen LogP contribution in [0.1, 0.15) is 41.6 Å². The number of aromatic amines is 2. The van der Waals surface area contributed by atoms with Gasteiger partial charge in [0.2, 0.25) is 5.91 Å². The van der Waals surface area contributed by atoms with Gasteiger partial charge in [-0.2, -0.15) is 0 Å². The van der Waals surface area contributed by atoms with Crippen LogP contribution in [0.5, 0.6) is 0 Å². The van der Waals surface area contributed by atoms with Crippen molar-refractivity contribution >= 4 is 40.9 Å². The van der Waals surface area contributed by atoms with Gasteiger partial charge in [0.15, 0.2) is 5.82 Å². The van der Waals surface area contributed by atoms with Gasteiger partial charge in [0.1, 0.15) is 23.2 Å². The number of hydrogen-bond donors (Lipinski definition) is 5. The van der Waals surface area contributed by atoms with E-state index in [9.17, 15) is 23.2 Å². The van der Waals surface area contributed by atoms with Crippen LogP contribution in [0.2, 0.25) is 5.02 Å². The molecular weight excluding hydrogens is 572 g/mol. The maximum Gasteiger partial charge on any atom is 0.411 e. The fourth-order valence-corrected chi connectivity index (χ4v) is 4.50. The number of nitrogens with zero attached hydrogens (tertiary/aromatic N) is 2. The summed E-state index contributed by atoms with van der Waals surface area (Å²) in [7, 11) is 1.24. The van der Waals surface area contributed by atoms with Crippen LogP contribution >= 0.6 is 11.6 Å². The van der Waals surface area contributed by atoms with Crippen molar-refractivity contribution in [2.24, 2.45) is 0 Å². The Hall–Kier alpha value is -5.04. The monoisotopic (exact) mass is 595 g/mol. The number of hydrogen-bond acceptors (Lipinski definition) is 6. The van der Waals surface area contributed by atoms with Gasteiger partial charge in [0.05, 0.1) is 47.5 Å². The lowest BCUT2D eigenvalue weighted by Gasteiger charge is -2.15. The fourth-order valence-electron chi connectivity index (χ4n) is 4.34. The van der Waals surface area contributed by atoms with Crippen molar-refractivity contribution in [1.29, 1.82) is 0 Å². The molecule has 5 rings (SSSR count). The summed E-state index contributed by atoms with van der Waals surface area (Å²) in [5.41, 5.74) is 1.47. The van der Waals surface area contributed by atoms with E-state index in [1.165, 1.54) is 13.3 Å². The molecule has 3 amide bonds. The molecule has 0 spiro atoms. The number of ether oxygens (including phenoxy) is 1. The molecule has 5 N–H and O–H groups in total. The summed E-state index contributed by atoms with van der Waals surface area (Å²) in [5.74, 6) is -2.48. The molecule has 2 bridgehead atoms. The summed E-state index contributed by atoms with van der Waals surface area (Å²) >= 11 is 5.79. The summed E-state index contributed by atoms with van der Waals surface area (Å²) in [6.07, 6.45) is 6.66. The number of H-pyrrole nitrogens is 2. The molecule has 1 aliphatic heterocycles. The van der Waals surface area contributed by atoms with Gasteiger partial charge in [0, 0.05) is 17.7 Å². The number of rotatable bonds is 4. The molecule has 0 saturated heterocycles. The highest BCUT2D eigenvalue weighted by Crippen LogP contribution is 2.32. The molecule has 3 heterocycles. The maximum atomic E-state index is 14.5. The number of nitrogens with one attached hydrogen (secondary N) is 5. The van der Waals surface area contributed by atoms with E-state index in [2.05, 4.69) is 40.6 Å². The summed E-state index contributed by atoms with van der Waals surface area (Å²) in [6, 6.07) is 6.40. The van der Waals surface area contributed by atoms with Gasteiger partial charge >= 0.3 is 6.09 Å². The van der Waals surface area contributed by atoms with Crippen molar-refractivity contribution in [3.05, 3.63) is 83.1 Å². The second kappa shape index (κ2) is 12.2. The van der Waals surface area contributed by atoms with Crippen LogP contribution in [0.4, 0.5) is 25.0 Å². The molecular formula is C28H24ClF2N7O4. The van der Waals surface area contributed by atoms with Crippen molar-refractivity contribution in [2.75, 3.05) is 17.7 Å². The normalized spacial score (nSPS) is 15.7. The summed E-state index contributed by atoms with van der Waals surface area (Å²) in [6.45, 7) is 0. The number of carbonyl (C=O) groups excluding carboxylic acids is 3. The molecule has 4 aromatic rings. The standard InChI is InChI=1S/C28H24ClF2N7O4/c1-42-28(41)34-14-7-8-15-19(11-14)35-22(39)6-4-2-3-5-18(25-32-12-20(15)36-25)38-27(40)21-13-33-26(37-21)23-17(30)10-9-16(29)24(23)31/h2-3,7-13,18H,4-6H2,1H3,(H,32,36)(H,33,37)(H,34,41)(H,35,39)(H,38,40)/b3-2+/t18-/m0/s1. The molecule has 14 heteroatoms. The van der Waals surface area contributed by atoms with Crippen LogP contribution < -0.4 is 16.0 Å². The molecule has 1 aliphatic rings. The first kappa shape index (κ1) is 28.5. The Morgan fingerprint density at radius 3 is 2.74 bits per heavy atom. The highest BCUT2D eigenvalue weighted by Gasteiger charge is 2.23. The Labute approximate surface area is 242 Å². The molecule has 0 unspecified atom stereocenters. The first-order chi connectivity index (χ1) is 20.2. The van der Waals surface area contributed by atoms with Crippen molar-refractivity contribution < 1.29 is 27.9 Å². The number of halogens is 3. The van der Waals surface area contributed by atoms with Crippen molar-refractivity contribution in [3.8, 4) is 22.6 Å². The molecule has 42 heavy (non-hydrogen) atoms. The minimum absolute atomic E-state index is 0.0340. The smallest absolute Gasteiger partial charge is 0.411 e. The van der Waals surface area contributed by atoms with Gasteiger partial charge in [-0.3, -0.25) is 14.9 Å². The first-order valence-electron chi connectivity index (χ1n) is 12.7. The zero-order valence-electron chi connectivity index (χ0n) is 22.1. The number of anilines is 2. The van der Waals surface area contributed by atoms with Gasteiger partial charge in [0.25, 0.3) is 5.91 Å². The second-order valence-corrected chi connectivity index (χ2v) is 9.65. The molecule has 1 atom stereocenters. The van der Waals surface area contributed by atoms with E-state index >= 15 is 0 Å². The average molecular weight is 596 g/mol. The van der Waals surface area contributed by atoms with Gasteiger partial charge in [-0.25, -0.2) is 23.5 Å². The van der Waals surface area contributed by atoms with Crippen LogP contribution in [0, 0.1) is 11.6 Å². The van der Waals surface area contributed by atoms with E-state index in [1.807, 2.05) is 12.2 Å². The second-order valence-electron chi connectivity index (χ2n) is 9.24. The van der Waals surface area contributed by atoms with Crippen molar-refractivity contribution in [2.45, 2.75) is 25.3 Å². The van der Waals surface area contributed by atoms with E-state index in [0.29, 0.717) is 41.3 Å². The average Bonchev–Trinajstić information content (AvgIpc) is 3.65. The quantitative estimate of drug-likeness (QED) is 0.150. The Bertz CT molecular complexity index is 1700. The van der Waals surface area contributed by atoms with Gasteiger partial charge in [-0.15, -0.1) is 0 Å². The van der Waals surface area contributed by atoms with Gasteiger partial charge < -0.3 is 25.3 Å². The molecule has 0 radical (unpaired) electrons. The molecule has 0 saturated carbocycles. The Balaban J connectivity index is 1.43. The Morgan fingerprint density at radius 2 is 1.93 bits per heavy atom. The van der Waals surface area contributed by atoms with E-state index < -0.39 is 35.2 Å². The maximum absolute atomic E-state index is 14.5. The number of fused-ring (bicyclic) bond motifs is 4. The third-order valence-electron chi connectivity index (χ3n) is 6.42. The number of aromatic nitrogens is 4. The third kappa shape index (κ3) is 6.15. The predicted octanol–water partition coefficient (Wildman–Crippen LogP) is 5.73. The van der Waals surface area contributed by atoms with E-state index in [1.54, 1.807) is 24.4 Å². The SMILES string of the molecule is COC(=O)Nc1ccc2c(c1)NC(=O)CC/C=C/C[C@H](NC(=O)c1cnc(-c3c(F)ccc(Cl)c3F)[nH]1)c1ncc-2[nH]1. The number of carbonyl (C=O) groups is 3. The minimum atomic E-state index is -0.997. The highest BCUT2D eigenvalue weighted by atomic mass is 35.5. The molecule has 11 nitrogen and oxygen atoms in total. The Morgan fingerprint density at radius 1 is 1.10 bits per heavy atom. The molecule has 2 aromatic carbocycles. The minimum Gasteiger partial charge on any atom is -0.453 e.